The van der Waals surface area contributed by atoms with Gasteiger partial charge in [-0.3, -0.25) is 4.79 Å². The summed E-state index contributed by atoms with van der Waals surface area (Å²) >= 11 is 0. The van der Waals surface area contributed by atoms with Crippen molar-refractivity contribution in [2.45, 2.75) is 25.7 Å². The van der Waals surface area contributed by atoms with E-state index in [1.807, 2.05) is 6.07 Å². The van der Waals surface area contributed by atoms with Crippen molar-refractivity contribution < 1.29 is 4.79 Å². The van der Waals surface area contributed by atoms with Crippen molar-refractivity contribution in [3.05, 3.63) is 77.0 Å². The number of nitrogens with zero attached hydrogens (tertiary/aromatic N) is 1. The number of amides is 1. The zero-order valence-electron chi connectivity index (χ0n) is 14.5. The molecule has 1 aromatic heterocycles. The van der Waals surface area contributed by atoms with E-state index in [0.717, 1.165) is 19.3 Å². The van der Waals surface area contributed by atoms with Crippen LogP contribution in [-0.4, -0.2) is 10.5 Å². The highest BCUT2D eigenvalue weighted by Crippen LogP contribution is 2.41. The van der Waals surface area contributed by atoms with E-state index in [4.69, 9.17) is 5.73 Å². The molecule has 0 atom stereocenters. The second-order valence-electron chi connectivity index (χ2n) is 6.71. The van der Waals surface area contributed by atoms with Crippen molar-refractivity contribution >= 4 is 22.4 Å². The van der Waals surface area contributed by atoms with Gasteiger partial charge in [-0.15, -0.1) is 0 Å². The van der Waals surface area contributed by atoms with Gasteiger partial charge in [-0.25, -0.2) is 0 Å². The SMILES string of the molecule is Cn1c2c(c3ccccc31)CCC(CCC(N)=O)=C2c1ccccc1. The fraction of sp³-hybridized carbons (Fsp3) is 0.227. The number of fused-ring (bicyclic) bond motifs is 3. The predicted octanol–water partition coefficient (Wildman–Crippen LogP) is 4.19. The summed E-state index contributed by atoms with van der Waals surface area (Å²) in [4.78, 5) is 11.3. The van der Waals surface area contributed by atoms with Gasteiger partial charge < -0.3 is 10.3 Å². The number of hydrogen-bond acceptors (Lipinski definition) is 1. The molecule has 1 aliphatic rings. The Balaban J connectivity index is 1.97. The van der Waals surface area contributed by atoms with E-state index in [1.165, 1.54) is 38.9 Å². The molecule has 2 aromatic carbocycles. The Kier molecular flexibility index (Phi) is 3.92. The van der Waals surface area contributed by atoms with E-state index < -0.39 is 0 Å². The van der Waals surface area contributed by atoms with Crippen LogP contribution in [0.2, 0.25) is 0 Å². The van der Waals surface area contributed by atoms with Crippen molar-refractivity contribution in [1.82, 2.24) is 4.57 Å². The van der Waals surface area contributed by atoms with Crippen molar-refractivity contribution in [3.63, 3.8) is 0 Å². The molecule has 0 saturated heterocycles. The minimum Gasteiger partial charge on any atom is -0.370 e. The number of nitrogens with two attached hydrogens (primary N) is 1. The Hall–Kier alpha value is -2.81. The van der Waals surface area contributed by atoms with Gasteiger partial charge in [-0.05, 0) is 36.5 Å². The molecule has 126 valence electrons. The number of para-hydroxylation sites is 1. The van der Waals surface area contributed by atoms with Crippen LogP contribution in [0.25, 0.3) is 16.5 Å². The average molecular weight is 330 g/mol. The molecule has 0 unspecified atom stereocenters. The third kappa shape index (κ3) is 2.66. The highest BCUT2D eigenvalue weighted by Gasteiger charge is 2.26. The third-order valence-corrected chi connectivity index (χ3v) is 5.21. The average Bonchev–Trinajstić information content (AvgIpc) is 2.93. The van der Waals surface area contributed by atoms with Crippen LogP contribution in [0.4, 0.5) is 0 Å². The number of aromatic nitrogens is 1. The smallest absolute Gasteiger partial charge is 0.217 e. The quantitative estimate of drug-likeness (QED) is 0.766. The predicted molar refractivity (Wildman–Crippen MR) is 102 cm³/mol. The Bertz CT molecular complexity index is 980. The summed E-state index contributed by atoms with van der Waals surface area (Å²) in [5.74, 6) is -0.234. The largest absolute Gasteiger partial charge is 0.370 e. The molecule has 0 bridgehead atoms. The number of allylic oxidation sites excluding steroid dienone is 1. The molecule has 0 saturated carbocycles. The van der Waals surface area contributed by atoms with Crippen LogP contribution >= 0.6 is 0 Å². The van der Waals surface area contributed by atoms with Crippen LogP contribution in [-0.2, 0) is 18.3 Å². The summed E-state index contributed by atoms with van der Waals surface area (Å²) in [6, 6.07) is 19.1. The molecule has 1 amide bonds. The molecule has 2 N–H and O–H groups in total. The van der Waals surface area contributed by atoms with Crippen LogP contribution in [0.5, 0.6) is 0 Å². The maximum atomic E-state index is 11.3. The minimum atomic E-state index is -0.234. The lowest BCUT2D eigenvalue weighted by molar-refractivity contribution is -0.117. The highest BCUT2D eigenvalue weighted by molar-refractivity contribution is 5.95. The Morgan fingerprint density at radius 2 is 1.76 bits per heavy atom. The first kappa shape index (κ1) is 15.7. The topological polar surface area (TPSA) is 48.0 Å². The molecule has 3 nitrogen and oxygen atoms in total. The molecule has 25 heavy (non-hydrogen) atoms. The van der Waals surface area contributed by atoms with Crippen molar-refractivity contribution in [2.75, 3.05) is 0 Å². The Morgan fingerprint density at radius 1 is 1.04 bits per heavy atom. The summed E-state index contributed by atoms with van der Waals surface area (Å²) in [6.45, 7) is 0. The van der Waals surface area contributed by atoms with Gasteiger partial charge in [0.25, 0.3) is 0 Å². The molecule has 3 aromatic rings. The van der Waals surface area contributed by atoms with E-state index in [-0.39, 0.29) is 5.91 Å². The second kappa shape index (κ2) is 6.25. The van der Waals surface area contributed by atoms with Gasteiger partial charge >= 0.3 is 0 Å². The summed E-state index contributed by atoms with van der Waals surface area (Å²) in [5.41, 5.74) is 13.2. The zero-order chi connectivity index (χ0) is 17.4. The summed E-state index contributed by atoms with van der Waals surface area (Å²) in [6.07, 6.45) is 3.14. The molecule has 0 fully saturated rings. The maximum absolute atomic E-state index is 11.3. The standard InChI is InChI=1S/C22H22N2O/c1-24-19-10-6-5-9-17(19)18-13-11-16(12-14-20(23)25)21(22(18)24)15-7-3-2-4-8-15/h2-10H,11-14H2,1H3,(H2,23,25). The van der Waals surface area contributed by atoms with Gasteiger partial charge in [-0.2, -0.15) is 0 Å². The molecule has 4 rings (SSSR count). The van der Waals surface area contributed by atoms with E-state index in [2.05, 4.69) is 60.1 Å². The number of aryl methyl sites for hydroxylation is 2. The van der Waals surface area contributed by atoms with Crippen molar-refractivity contribution in [1.29, 1.82) is 0 Å². The van der Waals surface area contributed by atoms with Crippen LogP contribution in [0, 0.1) is 0 Å². The number of rotatable bonds is 4. The lowest BCUT2D eigenvalue weighted by Crippen LogP contribution is -2.13. The van der Waals surface area contributed by atoms with E-state index >= 15 is 0 Å². The van der Waals surface area contributed by atoms with Crippen LogP contribution in [0.1, 0.15) is 36.1 Å². The first-order chi connectivity index (χ1) is 12.2. The fourth-order valence-electron chi connectivity index (χ4n) is 4.08. The number of benzene rings is 2. The Labute approximate surface area is 147 Å². The molecule has 1 heterocycles. The van der Waals surface area contributed by atoms with Gasteiger partial charge in [0.1, 0.15) is 0 Å². The monoisotopic (exact) mass is 330 g/mol. The molecular weight excluding hydrogens is 308 g/mol. The fourth-order valence-corrected chi connectivity index (χ4v) is 4.08. The number of primary amides is 1. The van der Waals surface area contributed by atoms with Gasteiger partial charge in [0.05, 0.1) is 5.69 Å². The first-order valence-corrected chi connectivity index (χ1v) is 8.79. The van der Waals surface area contributed by atoms with Gasteiger partial charge in [0.15, 0.2) is 0 Å². The van der Waals surface area contributed by atoms with Gasteiger partial charge in [0.2, 0.25) is 5.91 Å². The second-order valence-corrected chi connectivity index (χ2v) is 6.71. The minimum absolute atomic E-state index is 0.234. The lowest BCUT2D eigenvalue weighted by atomic mass is 9.83. The van der Waals surface area contributed by atoms with Gasteiger partial charge in [-0.1, -0.05) is 54.1 Å². The number of carbonyl (C=O) groups excluding carboxylic acids is 1. The third-order valence-electron chi connectivity index (χ3n) is 5.21. The normalized spacial score (nSPS) is 14.0. The molecule has 0 aliphatic heterocycles. The summed E-state index contributed by atoms with van der Waals surface area (Å²) in [5, 5.41) is 1.34. The molecule has 1 aliphatic carbocycles. The zero-order valence-corrected chi connectivity index (χ0v) is 14.5. The molecule has 0 radical (unpaired) electrons. The lowest BCUT2D eigenvalue weighted by Gasteiger charge is -2.23. The van der Waals surface area contributed by atoms with Crippen LogP contribution < -0.4 is 5.73 Å². The molecule has 0 spiro atoms. The summed E-state index contributed by atoms with van der Waals surface area (Å²) < 4.78 is 2.30. The number of carbonyl (C=O) groups is 1. The Morgan fingerprint density at radius 3 is 2.52 bits per heavy atom. The molecule has 3 heteroatoms. The van der Waals surface area contributed by atoms with Crippen molar-refractivity contribution in [3.8, 4) is 0 Å². The maximum Gasteiger partial charge on any atom is 0.217 e. The van der Waals surface area contributed by atoms with E-state index in [0.29, 0.717) is 6.42 Å². The summed E-state index contributed by atoms with van der Waals surface area (Å²) in [7, 11) is 2.14. The van der Waals surface area contributed by atoms with Gasteiger partial charge in [0, 0.05) is 29.9 Å². The van der Waals surface area contributed by atoms with Crippen LogP contribution in [0.15, 0.2) is 60.2 Å². The highest BCUT2D eigenvalue weighted by atomic mass is 16.1. The van der Waals surface area contributed by atoms with Crippen molar-refractivity contribution in [2.24, 2.45) is 12.8 Å². The van der Waals surface area contributed by atoms with E-state index in [1.54, 1.807) is 0 Å². The molecular formula is C22H22N2O. The van der Waals surface area contributed by atoms with Crippen LogP contribution in [0.3, 0.4) is 0 Å². The first-order valence-electron chi connectivity index (χ1n) is 8.79. The van der Waals surface area contributed by atoms with E-state index in [9.17, 15) is 4.79 Å². The number of hydrogen-bond donors (Lipinski definition) is 1.